The molecule has 146 valence electrons. The van der Waals surface area contributed by atoms with Crippen LogP contribution in [-0.2, 0) is 6.54 Å². The number of nitrogens with zero attached hydrogens (tertiary/aromatic N) is 2. The first-order valence-electron chi connectivity index (χ1n) is 8.73. The van der Waals surface area contributed by atoms with Gasteiger partial charge in [0.05, 0.1) is 12.2 Å². The maximum atomic E-state index is 12.5. The van der Waals surface area contributed by atoms with E-state index in [2.05, 4.69) is 15.7 Å². The minimum atomic E-state index is -0.440. The van der Waals surface area contributed by atoms with Crippen molar-refractivity contribution in [2.45, 2.75) is 6.54 Å². The van der Waals surface area contributed by atoms with Gasteiger partial charge in [-0.15, -0.1) is 0 Å². The van der Waals surface area contributed by atoms with E-state index in [0.717, 1.165) is 16.3 Å². The van der Waals surface area contributed by atoms with Gasteiger partial charge in [0.15, 0.2) is 5.82 Å². The van der Waals surface area contributed by atoms with Crippen LogP contribution in [-0.4, -0.2) is 15.8 Å². The van der Waals surface area contributed by atoms with Crippen molar-refractivity contribution in [1.29, 1.82) is 0 Å². The second kappa shape index (κ2) is 8.33. The van der Waals surface area contributed by atoms with Crippen molar-refractivity contribution >= 4 is 63.1 Å². The van der Waals surface area contributed by atoms with Gasteiger partial charge in [-0.1, -0.05) is 77.3 Å². The maximum absolute atomic E-state index is 12.5. The Morgan fingerprint density at radius 1 is 0.862 bits per heavy atom. The molecule has 0 aliphatic rings. The van der Waals surface area contributed by atoms with Gasteiger partial charge in [0.2, 0.25) is 0 Å². The summed E-state index contributed by atoms with van der Waals surface area (Å²) in [6.07, 6.45) is 1.61. The van der Waals surface area contributed by atoms with E-state index < -0.39 is 6.03 Å². The molecule has 0 atom stereocenters. The summed E-state index contributed by atoms with van der Waals surface area (Å²) >= 11 is 18.7. The van der Waals surface area contributed by atoms with Gasteiger partial charge in [-0.3, -0.25) is 10.00 Å². The first-order valence-corrected chi connectivity index (χ1v) is 9.86. The molecule has 0 aliphatic carbocycles. The average Bonchev–Trinajstić information content (AvgIpc) is 3.04. The number of rotatable bonds is 4. The van der Waals surface area contributed by atoms with Gasteiger partial charge in [0.1, 0.15) is 5.02 Å². The SMILES string of the molecule is O=C(Nc1nn(Cc2c(Cl)cccc2Cl)cc1Cl)Nc1cccc2ccccc12. The molecule has 0 unspecified atom stereocenters. The molecule has 1 aromatic heterocycles. The lowest BCUT2D eigenvalue weighted by Gasteiger charge is -2.09. The Morgan fingerprint density at radius 2 is 1.55 bits per heavy atom. The maximum Gasteiger partial charge on any atom is 0.324 e. The zero-order chi connectivity index (χ0) is 20.4. The summed E-state index contributed by atoms with van der Waals surface area (Å²) in [5, 5.41) is 13.2. The van der Waals surface area contributed by atoms with E-state index in [9.17, 15) is 4.79 Å². The van der Waals surface area contributed by atoms with Crippen molar-refractivity contribution in [2.24, 2.45) is 0 Å². The fourth-order valence-electron chi connectivity index (χ4n) is 3.00. The number of nitrogens with one attached hydrogen (secondary N) is 2. The molecule has 0 saturated carbocycles. The van der Waals surface area contributed by atoms with Gasteiger partial charge in [-0.25, -0.2) is 4.79 Å². The highest BCUT2D eigenvalue weighted by Gasteiger charge is 2.14. The van der Waals surface area contributed by atoms with Crippen LogP contribution in [0, 0.1) is 0 Å². The van der Waals surface area contributed by atoms with Crippen LogP contribution < -0.4 is 10.6 Å². The van der Waals surface area contributed by atoms with Crippen molar-refractivity contribution in [3.8, 4) is 0 Å². The molecule has 0 saturated heterocycles. The third-order valence-electron chi connectivity index (χ3n) is 4.37. The molecular formula is C21H15Cl3N4O. The normalized spacial score (nSPS) is 10.9. The minimum absolute atomic E-state index is 0.243. The number of fused-ring (bicyclic) bond motifs is 1. The highest BCUT2D eigenvalue weighted by molar-refractivity contribution is 6.36. The molecular weight excluding hydrogens is 431 g/mol. The summed E-state index contributed by atoms with van der Waals surface area (Å²) in [6, 6.07) is 18.3. The molecule has 1 heterocycles. The van der Waals surface area contributed by atoms with E-state index in [1.165, 1.54) is 0 Å². The van der Waals surface area contributed by atoms with E-state index in [1.807, 2.05) is 42.5 Å². The molecule has 0 fully saturated rings. The van der Waals surface area contributed by atoms with Crippen LogP contribution in [0.2, 0.25) is 15.1 Å². The lowest BCUT2D eigenvalue weighted by Crippen LogP contribution is -2.20. The lowest BCUT2D eigenvalue weighted by molar-refractivity contribution is 0.262. The molecule has 4 aromatic rings. The van der Waals surface area contributed by atoms with E-state index in [-0.39, 0.29) is 5.82 Å². The minimum Gasteiger partial charge on any atom is -0.307 e. The molecule has 2 amide bonds. The first-order chi connectivity index (χ1) is 14.0. The highest BCUT2D eigenvalue weighted by Crippen LogP contribution is 2.27. The van der Waals surface area contributed by atoms with Crippen LogP contribution in [0.4, 0.5) is 16.3 Å². The summed E-state index contributed by atoms with van der Waals surface area (Å²) in [7, 11) is 0. The number of carbonyl (C=O) groups is 1. The largest absolute Gasteiger partial charge is 0.324 e. The van der Waals surface area contributed by atoms with Crippen LogP contribution >= 0.6 is 34.8 Å². The number of hydrogen-bond acceptors (Lipinski definition) is 2. The van der Waals surface area contributed by atoms with Crippen LogP contribution in [0.25, 0.3) is 10.8 Å². The molecule has 8 heteroatoms. The van der Waals surface area contributed by atoms with Crippen LogP contribution in [0.15, 0.2) is 66.9 Å². The number of aromatic nitrogens is 2. The smallest absolute Gasteiger partial charge is 0.307 e. The van der Waals surface area contributed by atoms with Crippen molar-refractivity contribution in [1.82, 2.24) is 9.78 Å². The molecule has 4 rings (SSSR count). The molecule has 5 nitrogen and oxygen atoms in total. The summed E-state index contributed by atoms with van der Waals surface area (Å²) in [5.41, 5.74) is 1.42. The number of halogens is 3. The molecule has 0 spiro atoms. The molecule has 3 aromatic carbocycles. The predicted octanol–water partition coefficient (Wildman–Crippen LogP) is 6.69. The van der Waals surface area contributed by atoms with Gasteiger partial charge >= 0.3 is 6.03 Å². The highest BCUT2D eigenvalue weighted by atomic mass is 35.5. The third-order valence-corrected chi connectivity index (χ3v) is 5.35. The van der Waals surface area contributed by atoms with E-state index in [1.54, 1.807) is 29.1 Å². The summed E-state index contributed by atoms with van der Waals surface area (Å²) in [4.78, 5) is 12.5. The Hall–Kier alpha value is -2.73. The standard InChI is InChI=1S/C21H15Cl3N4O/c22-16-8-4-9-17(23)15(16)11-28-12-18(24)20(27-28)26-21(29)25-19-10-3-6-13-5-1-2-7-14(13)19/h1-10,12H,11H2,(H2,25,26,27,29). The van der Waals surface area contributed by atoms with Crippen molar-refractivity contribution in [3.05, 3.63) is 87.5 Å². The molecule has 29 heavy (non-hydrogen) atoms. The van der Waals surface area contributed by atoms with Crippen LogP contribution in [0.5, 0.6) is 0 Å². The average molecular weight is 446 g/mol. The van der Waals surface area contributed by atoms with E-state index in [4.69, 9.17) is 34.8 Å². The number of benzene rings is 3. The predicted molar refractivity (Wildman–Crippen MR) is 119 cm³/mol. The summed E-state index contributed by atoms with van der Waals surface area (Å²) in [6.45, 7) is 0.324. The Morgan fingerprint density at radius 3 is 2.34 bits per heavy atom. The van der Waals surface area contributed by atoms with Gasteiger partial charge < -0.3 is 5.32 Å². The topological polar surface area (TPSA) is 59.0 Å². The zero-order valence-corrected chi connectivity index (χ0v) is 17.3. The Kier molecular flexibility index (Phi) is 5.62. The number of carbonyl (C=O) groups excluding carboxylic acids is 1. The molecule has 2 N–H and O–H groups in total. The fourth-order valence-corrected chi connectivity index (χ4v) is 3.72. The number of urea groups is 1. The second-order valence-corrected chi connectivity index (χ2v) is 7.55. The van der Waals surface area contributed by atoms with Crippen molar-refractivity contribution in [2.75, 3.05) is 10.6 Å². The molecule has 0 aliphatic heterocycles. The number of anilines is 2. The van der Waals surface area contributed by atoms with E-state index in [0.29, 0.717) is 27.3 Å². The van der Waals surface area contributed by atoms with Crippen molar-refractivity contribution in [3.63, 3.8) is 0 Å². The Balaban J connectivity index is 1.50. The Bertz CT molecular complexity index is 1180. The third kappa shape index (κ3) is 4.32. The van der Waals surface area contributed by atoms with Crippen LogP contribution in [0.3, 0.4) is 0 Å². The molecule has 0 bridgehead atoms. The van der Waals surface area contributed by atoms with Crippen LogP contribution in [0.1, 0.15) is 5.56 Å². The lowest BCUT2D eigenvalue weighted by atomic mass is 10.1. The van der Waals surface area contributed by atoms with E-state index >= 15 is 0 Å². The first kappa shape index (κ1) is 19.6. The number of amides is 2. The monoisotopic (exact) mass is 444 g/mol. The fraction of sp³-hybridized carbons (Fsp3) is 0.0476. The zero-order valence-electron chi connectivity index (χ0n) is 15.0. The number of hydrogen-bond donors (Lipinski definition) is 2. The quantitative estimate of drug-likeness (QED) is 0.368. The van der Waals surface area contributed by atoms with Gasteiger partial charge in [0, 0.05) is 27.2 Å². The summed E-state index contributed by atoms with van der Waals surface area (Å²) in [5.74, 6) is 0.243. The molecule has 0 radical (unpaired) electrons. The Labute approximate surface area is 182 Å². The second-order valence-electron chi connectivity index (χ2n) is 6.33. The van der Waals surface area contributed by atoms with Gasteiger partial charge in [0.25, 0.3) is 0 Å². The van der Waals surface area contributed by atoms with Crippen molar-refractivity contribution < 1.29 is 4.79 Å². The van der Waals surface area contributed by atoms with Gasteiger partial charge in [-0.05, 0) is 23.6 Å². The summed E-state index contributed by atoms with van der Waals surface area (Å²) < 4.78 is 1.57. The van der Waals surface area contributed by atoms with Gasteiger partial charge in [-0.2, -0.15) is 5.10 Å².